The first-order chi connectivity index (χ1) is 31.3. The second-order valence-electron chi connectivity index (χ2n) is 16.8. The van der Waals surface area contributed by atoms with Crippen LogP contribution in [0.4, 0.5) is 17.1 Å². The lowest BCUT2D eigenvalue weighted by atomic mass is 9.65. The molecule has 63 heavy (non-hydrogen) atoms. The van der Waals surface area contributed by atoms with Crippen molar-refractivity contribution < 1.29 is 0 Å². The van der Waals surface area contributed by atoms with E-state index < -0.39 is 5.41 Å². The van der Waals surface area contributed by atoms with E-state index in [0.717, 1.165) is 28.2 Å². The van der Waals surface area contributed by atoms with Crippen LogP contribution in [-0.4, -0.2) is 4.57 Å². The summed E-state index contributed by atoms with van der Waals surface area (Å²) in [6.45, 7) is 0. The molecule has 2 aliphatic rings. The lowest BCUT2D eigenvalue weighted by Crippen LogP contribution is -2.33. The summed E-state index contributed by atoms with van der Waals surface area (Å²) in [4.78, 5) is 2.48. The van der Waals surface area contributed by atoms with Gasteiger partial charge in [0.1, 0.15) is 0 Å². The maximum Gasteiger partial charge on any atom is 0.0755 e. The molecule has 0 saturated heterocycles. The molecule has 11 aromatic rings. The molecule has 0 unspecified atom stereocenters. The summed E-state index contributed by atoms with van der Waals surface area (Å²) >= 11 is 0. The molecular formula is C61H40N2. The largest absolute Gasteiger partial charge is 0.310 e. The van der Waals surface area contributed by atoms with Gasteiger partial charge in [-0.15, -0.1) is 0 Å². The van der Waals surface area contributed by atoms with Crippen LogP contribution < -0.4 is 4.90 Å². The fourth-order valence-corrected chi connectivity index (χ4v) is 11.0. The second kappa shape index (κ2) is 13.9. The van der Waals surface area contributed by atoms with Gasteiger partial charge in [-0.3, -0.25) is 0 Å². The Kier molecular flexibility index (Phi) is 7.85. The topological polar surface area (TPSA) is 8.17 Å². The van der Waals surface area contributed by atoms with Crippen molar-refractivity contribution in [2.45, 2.75) is 5.41 Å². The van der Waals surface area contributed by atoms with Gasteiger partial charge in [0, 0.05) is 27.7 Å². The highest BCUT2D eigenvalue weighted by Crippen LogP contribution is 2.61. The van der Waals surface area contributed by atoms with Crippen LogP contribution in [0.25, 0.3) is 72.0 Å². The van der Waals surface area contributed by atoms with Crippen molar-refractivity contribution in [2.24, 2.45) is 0 Å². The number of hydrogen-bond acceptors (Lipinski definition) is 1. The van der Waals surface area contributed by atoms with Gasteiger partial charge in [0.15, 0.2) is 0 Å². The van der Waals surface area contributed by atoms with Gasteiger partial charge in [0.2, 0.25) is 0 Å². The number of fused-ring (bicyclic) bond motifs is 12. The summed E-state index contributed by atoms with van der Waals surface area (Å²) in [6, 6.07) is 89.6. The first-order valence-corrected chi connectivity index (χ1v) is 21.8. The molecule has 0 radical (unpaired) electrons. The van der Waals surface area contributed by atoms with E-state index in [-0.39, 0.29) is 0 Å². The third-order valence-electron chi connectivity index (χ3n) is 13.6. The highest BCUT2D eigenvalue weighted by Gasteiger charge is 2.51. The fourth-order valence-electron chi connectivity index (χ4n) is 11.0. The monoisotopic (exact) mass is 800 g/mol. The molecule has 0 bridgehead atoms. The van der Waals surface area contributed by atoms with Crippen LogP contribution in [0.15, 0.2) is 243 Å². The minimum absolute atomic E-state index is 0.563. The van der Waals surface area contributed by atoms with Crippen molar-refractivity contribution in [1.82, 2.24) is 4.57 Å². The standard InChI is InChI=1S/C61H40N2/c1-3-17-41(18-4-1)43-33-35-44(36-34-43)48-23-9-13-31-57(48)62(46-22-15-21-45(39-46)42-19-5-2-6-20-42)47-37-38-59-56(40-47)61(53-28-11-7-24-49(53)50-25-8-12-29-54(50)61)55-30-16-27-52-51-26-10-14-32-58(51)63(59)60(52)55/h1-40H. The molecule has 0 N–H and O–H groups in total. The molecule has 294 valence electrons. The van der Waals surface area contributed by atoms with E-state index in [9.17, 15) is 0 Å². The average Bonchev–Trinajstić information content (AvgIpc) is 3.86. The molecule has 10 aromatic carbocycles. The Hall–Kier alpha value is -8.20. The smallest absolute Gasteiger partial charge is 0.0755 e. The molecule has 1 spiro atoms. The van der Waals surface area contributed by atoms with Gasteiger partial charge < -0.3 is 9.47 Å². The molecule has 13 rings (SSSR count). The van der Waals surface area contributed by atoms with E-state index >= 15 is 0 Å². The number of aromatic nitrogens is 1. The zero-order valence-corrected chi connectivity index (χ0v) is 34.5. The number of rotatable bonds is 6. The quantitative estimate of drug-likeness (QED) is 0.163. The molecule has 0 fully saturated rings. The van der Waals surface area contributed by atoms with E-state index in [2.05, 4.69) is 252 Å². The third kappa shape index (κ3) is 5.19. The summed E-state index contributed by atoms with van der Waals surface area (Å²) in [5.41, 5.74) is 21.4. The molecular weight excluding hydrogens is 761 g/mol. The van der Waals surface area contributed by atoms with E-state index in [1.165, 1.54) is 83.1 Å². The molecule has 1 aromatic heterocycles. The Labute approximate surface area is 367 Å². The second-order valence-corrected chi connectivity index (χ2v) is 16.8. The van der Waals surface area contributed by atoms with Gasteiger partial charge in [-0.1, -0.05) is 200 Å². The Morgan fingerprint density at radius 1 is 0.317 bits per heavy atom. The van der Waals surface area contributed by atoms with Crippen molar-refractivity contribution in [3.63, 3.8) is 0 Å². The van der Waals surface area contributed by atoms with E-state index in [1.807, 2.05) is 0 Å². The van der Waals surface area contributed by atoms with Crippen molar-refractivity contribution in [3.05, 3.63) is 265 Å². The van der Waals surface area contributed by atoms with Gasteiger partial charge >= 0.3 is 0 Å². The molecule has 0 saturated carbocycles. The molecule has 0 amide bonds. The Morgan fingerprint density at radius 2 is 0.841 bits per heavy atom. The number of anilines is 3. The number of hydrogen-bond donors (Lipinski definition) is 0. The minimum atomic E-state index is -0.563. The highest BCUT2D eigenvalue weighted by molar-refractivity contribution is 6.13. The van der Waals surface area contributed by atoms with Crippen molar-refractivity contribution in [1.29, 1.82) is 0 Å². The number of para-hydroxylation sites is 3. The molecule has 2 heteroatoms. The molecule has 1 aliphatic heterocycles. The first kappa shape index (κ1) is 35.5. The predicted molar refractivity (Wildman–Crippen MR) is 263 cm³/mol. The Bertz CT molecular complexity index is 3520. The van der Waals surface area contributed by atoms with Crippen molar-refractivity contribution in [2.75, 3.05) is 4.90 Å². The van der Waals surface area contributed by atoms with Gasteiger partial charge in [0.05, 0.1) is 27.8 Å². The average molecular weight is 801 g/mol. The van der Waals surface area contributed by atoms with Crippen LogP contribution in [-0.2, 0) is 5.41 Å². The van der Waals surface area contributed by atoms with Crippen LogP contribution in [0, 0.1) is 0 Å². The maximum atomic E-state index is 2.54. The van der Waals surface area contributed by atoms with Gasteiger partial charge in [-0.2, -0.15) is 0 Å². The van der Waals surface area contributed by atoms with Gasteiger partial charge in [-0.05, 0) is 104 Å². The Morgan fingerprint density at radius 3 is 1.59 bits per heavy atom. The zero-order chi connectivity index (χ0) is 41.5. The number of benzene rings is 10. The van der Waals surface area contributed by atoms with E-state index in [4.69, 9.17) is 0 Å². The van der Waals surface area contributed by atoms with E-state index in [1.54, 1.807) is 0 Å². The number of nitrogens with zero attached hydrogens (tertiary/aromatic N) is 2. The lowest BCUT2D eigenvalue weighted by molar-refractivity contribution is 0.748. The minimum Gasteiger partial charge on any atom is -0.310 e. The van der Waals surface area contributed by atoms with Crippen molar-refractivity contribution >= 4 is 38.9 Å². The van der Waals surface area contributed by atoms with E-state index in [0.29, 0.717) is 0 Å². The van der Waals surface area contributed by atoms with Gasteiger partial charge in [0.25, 0.3) is 0 Å². The highest BCUT2D eigenvalue weighted by atomic mass is 15.1. The molecule has 1 aliphatic carbocycles. The molecule has 2 heterocycles. The predicted octanol–water partition coefficient (Wildman–Crippen LogP) is 15.9. The summed E-state index contributed by atoms with van der Waals surface area (Å²) in [5, 5.41) is 2.55. The summed E-state index contributed by atoms with van der Waals surface area (Å²) in [7, 11) is 0. The normalized spacial score (nSPS) is 12.9. The zero-order valence-electron chi connectivity index (χ0n) is 34.5. The van der Waals surface area contributed by atoms with Crippen LogP contribution >= 0.6 is 0 Å². The lowest BCUT2D eigenvalue weighted by Gasteiger charge is -2.40. The van der Waals surface area contributed by atoms with Crippen LogP contribution in [0.1, 0.15) is 22.3 Å². The summed E-state index contributed by atoms with van der Waals surface area (Å²) in [5.74, 6) is 0. The first-order valence-electron chi connectivity index (χ1n) is 21.8. The van der Waals surface area contributed by atoms with Crippen LogP contribution in [0.2, 0.25) is 0 Å². The SMILES string of the molecule is c1ccc(-c2ccc(-c3ccccc3N(c3cccc(-c4ccccc4)c3)c3ccc4c(c3)C3(c5ccccc5-c5ccccc53)c3cccc5c6ccccc6n-4c35)cc2)cc1. The third-order valence-corrected chi connectivity index (χ3v) is 13.6. The fraction of sp³-hybridized carbons (Fsp3) is 0.0164. The Balaban J connectivity index is 1.10. The van der Waals surface area contributed by atoms with Crippen LogP contribution in [0.5, 0.6) is 0 Å². The molecule has 2 nitrogen and oxygen atoms in total. The summed E-state index contributed by atoms with van der Waals surface area (Å²) < 4.78 is 2.54. The maximum absolute atomic E-state index is 2.54. The van der Waals surface area contributed by atoms with Crippen LogP contribution in [0.3, 0.4) is 0 Å². The van der Waals surface area contributed by atoms with Gasteiger partial charge in [-0.25, -0.2) is 0 Å². The molecule has 0 atom stereocenters. The summed E-state index contributed by atoms with van der Waals surface area (Å²) in [6.07, 6.45) is 0. The van der Waals surface area contributed by atoms with Crippen molar-refractivity contribution in [3.8, 4) is 50.2 Å².